The van der Waals surface area contributed by atoms with E-state index in [0.717, 1.165) is 23.1 Å². The van der Waals surface area contributed by atoms with Gasteiger partial charge in [-0.15, -0.1) is 0 Å². The van der Waals surface area contributed by atoms with Crippen molar-refractivity contribution in [2.24, 2.45) is 12.5 Å². The molecule has 1 aromatic heterocycles. The predicted molar refractivity (Wildman–Crippen MR) is 77.2 cm³/mol. The van der Waals surface area contributed by atoms with E-state index in [2.05, 4.69) is 40.2 Å². The number of halogens is 1. The Hall–Kier alpha value is -0.840. The van der Waals surface area contributed by atoms with E-state index in [4.69, 9.17) is 0 Å². The summed E-state index contributed by atoms with van der Waals surface area (Å²) < 4.78 is 1.74. The SMILES string of the molecule is Cc1nn(C)c(C)c1C(=O)NCC(C)(C)CCBr. The highest BCUT2D eigenvalue weighted by Crippen LogP contribution is 2.20. The molecule has 1 amide bonds. The highest BCUT2D eigenvalue weighted by Gasteiger charge is 2.21. The third-order valence-electron chi connectivity index (χ3n) is 3.23. The number of carbonyl (C=O) groups excluding carboxylic acids is 1. The van der Waals surface area contributed by atoms with Gasteiger partial charge in [0, 0.05) is 24.6 Å². The minimum Gasteiger partial charge on any atom is -0.351 e. The van der Waals surface area contributed by atoms with Gasteiger partial charge in [0.05, 0.1) is 11.3 Å². The Bertz CT molecular complexity index is 438. The largest absolute Gasteiger partial charge is 0.351 e. The Balaban J connectivity index is 2.72. The van der Waals surface area contributed by atoms with Crippen molar-refractivity contribution < 1.29 is 4.79 Å². The number of aryl methyl sites for hydroxylation is 2. The van der Waals surface area contributed by atoms with Crippen LogP contribution >= 0.6 is 15.9 Å². The maximum Gasteiger partial charge on any atom is 0.255 e. The minimum atomic E-state index is -0.0271. The van der Waals surface area contributed by atoms with E-state index >= 15 is 0 Å². The van der Waals surface area contributed by atoms with Crippen LogP contribution in [0, 0.1) is 19.3 Å². The number of amides is 1. The summed E-state index contributed by atoms with van der Waals surface area (Å²) in [4.78, 5) is 12.2. The normalized spacial score (nSPS) is 11.7. The van der Waals surface area contributed by atoms with Gasteiger partial charge < -0.3 is 5.32 Å². The topological polar surface area (TPSA) is 46.9 Å². The van der Waals surface area contributed by atoms with Gasteiger partial charge in [-0.05, 0) is 25.7 Å². The van der Waals surface area contributed by atoms with Crippen LogP contribution in [0.4, 0.5) is 0 Å². The third-order valence-corrected chi connectivity index (χ3v) is 3.63. The zero-order chi connectivity index (χ0) is 13.9. The van der Waals surface area contributed by atoms with E-state index < -0.39 is 0 Å². The molecule has 0 spiro atoms. The molecule has 0 aromatic carbocycles. The Morgan fingerprint density at radius 3 is 2.50 bits per heavy atom. The number of hydrogen-bond donors (Lipinski definition) is 1. The molecule has 0 unspecified atom stereocenters. The second-order valence-electron chi connectivity index (χ2n) is 5.46. The monoisotopic (exact) mass is 315 g/mol. The first-order chi connectivity index (χ1) is 8.28. The number of nitrogens with one attached hydrogen (secondary N) is 1. The lowest BCUT2D eigenvalue weighted by Crippen LogP contribution is -2.34. The standard InChI is InChI=1S/C13H22BrN3O/c1-9-11(10(2)17(5)16-9)12(18)15-8-13(3,4)6-7-14/h6-8H2,1-5H3,(H,15,18). The molecular formula is C13H22BrN3O. The first-order valence-corrected chi connectivity index (χ1v) is 7.25. The summed E-state index contributed by atoms with van der Waals surface area (Å²) in [6.07, 6.45) is 1.03. The molecule has 5 heteroatoms. The maximum absolute atomic E-state index is 12.2. The molecule has 0 bridgehead atoms. The second-order valence-corrected chi connectivity index (χ2v) is 6.25. The molecule has 0 saturated carbocycles. The van der Waals surface area contributed by atoms with Crippen LogP contribution in [0.25, 0.3) is 0 Å². The van der Waals surface area contributed by atoms with Gasteiger partial charge in [0.1, 0.15) is 0 Å². The number of carbonyl (C=O) groups is 1. The van der Waals surface area contributed by atoms with Gasteiger partial charge in [0.15, 0.2) is 0 Å². The minimum absolute atomic E-state index is 0.0271. The predicted octanol–water partition coefficient (Wildman–Crippen LogP) is 2.58. The highest BCUT2D eigenvalue weighted by molar-refractivity contribution is 9.09. The Kier molecular flexibility index (Phi) is 4.96. The van der Waals surface area contributed by atoms with Crippen LogP contribution in [0.3, 0.4) is 0 Å². The van der Waals surface area contributed by atoms with Gasteiger partial charge in [0.2, 0.25) is 0 Å². The summed E-state index contributed by atoms with van der Waals surface area (Å²) in [5.74, 6) is -0.0271. The van der Waals surface area contributed by atoms with E-state index in [9.17, 15) is 4.79 Å². The van der Waals surface area contributed by atoms with Crippen molar-refractivity contribution in [2.75, 3.05) is 11.9 Å². The fourth-order valence-corrected chi connectivity index (χ4v) is 2.93. The molecule has 102 valence electrons. The van der Waals surface area contributed by atoms with Crippen molar-refractivity contribution in [1.82, 2.24) is 15.1 Å². The van der Waals surface area contributed by atoms with Gasteiger partial charge in [-0.25, -0.2) is 0 Å². The van der Waals surface area contributed by atoms with Crippen LogP contribution in [0.1, 0.15) is 42.0 Å². The summed E-state index contributed by atoms with van der Waals surface area (Å²) in [5.41, 5.74) is 2.49. The number of aromatic nitrogens is 2. The van der Waals surface area contributed by atoms with Crippen LogP contribution in [0.2, 0.25) is 0 Å². The van der Waals surface area contributed by atoms with Gasteiger partial charge in [0.25, 0.3) is 5.91 Å². The molecule has 18 heavy (non-hydrogen) atoms. The summed E-state index contributed by atoms with van der Waals surface area (Å²) >= 11 is 3.44. The molecule has 4 nitrogen and oxygen atoms in total. The van der Waals surface area contributed by atoms with Crippen LogP contribution in [0.15, 0.2) is 0 Å². The zero-order valence-corrected chi connectivity index (χ0v) is 13.4. The lowest BCUT2D eigenvalue weighted by Gasteiger charge is -2.23. The Morgan fingerprint density at radius 1 is 1.44 bits per heavy atom. The smallest absolute Gasteiger partial charge is 0.255 e. The van der Waals surface area contributed by atoms with Crippen LogP contribution in [-0.2, 0) is 7.05 Å². The number of rotatable bonds is 5. The molecular weight excluding hydrogens is 294 g/mol. The lowest BCUT2D eigenvalue weighted by atomic mass is 9.90. The van der Waals surface area contributed by atoms with Crippen molar-refractivity contribution in [3.8, 4) is 0 Å². The Morgan fingerprint density at radius 2 is 2.06 bits per heavy atom. The molecule has 1 aromatic rings. The van der Waals surface area contributed by atoms with Crippen LogP contribution in [-0.4, -0.2) is 27.6 Å². The second kappa shape index (κ2) is 5.87. The number of hydrogen-bond acceptors (Lipinski definition) is 2. The van der Waals surface area contributed by atoms with Crippen molar-refractivity contribution >= 4 is 21.8 Å². The van der Waals surface area contributed by atoms with Gasteiger partial charge in [-0.3, -0.25) is 9.48 Å². The van der Waals surface area contributed by atoms with Crippen LogP contribution < -0.4 is 5.32 Å². The quantitative estimate of drug-likeness (QED) is 0.849. The molecule has 1 rings (SSSR count). The van der Waals surface area contributed by atoms with Gasteiger partial charge in [-0.1, -0.05) is 29.8 Å². The van der Waals surface area contributed by atoms with Crippen molar-refractivity contribution in [2.45, 2.75) is 34.1 Å². The average molecular weight is 316 g/mol. The van der Waals surface area contributed by atoms with Crippen molar-refractivity contribution in [1.29, 1.82) is 0 Å². The molecule has 1 N–H and O–H groups in total. The maximum atomic E-state index is 12.2. The van der Waals surface area contributed by atoms with E-state index in [1.807, 2.05) is 20.9 Å². The number of nitrogens with zero attached hydrogens (tertiary/aromatic N) is 2. The summed E-state index contributed by atoms with van der Waals surface area (Å²) in [7, 11) is 1.86. The third kappa shape index (κ3) is 3.57. The molecule has 0 atom stereocenters. The zero-order valence-electron chi connectivity index (χ0n) is 11.8. The van der Waals surface area contributed by atoms with E-state index in [1.54, 1.807) is 4.68 Å². The molecule has 0 fully saturated rings. The molecule has 0 saturated heterocycles. The molecule has 0 aliphatic heterocycles. The molecule has 0 aliphatic rings. The fourth-order valence-electron chi connectivity index (χ4n) is 1.85. The van der Waals surface area contributed by atoms with Crippen molar-refractivity contribution in [3.63, 3.8) is 0 Å². The lowest BCUT2D eigenvalue weighted by molar-refractivity contribution is 0.0934. The van der Waals surface area contributed by atoms with Crippen LogP contribution in [0.5, 0.6) is 0 Å². The van der Waals surface area contributed by atoms with Gasteiger partial charge >= 0.3 is 0 Å². The summed E-state index contributed by atoms with van der Waals surface area (Å²) in [6.45, 7) is 8.75. The molecule has 0 aliphatic carbocycles. The van der Waals surface area contributed by atoms with Crippen molar-refractivity contribution in [3.05, 3.63) is 17.0 Å². The van der Waals surface area contributed by atoms with Gasteiger partial charge in [-0.2, -0.15) is 5.10 Å². The summed E-state index contributed by atoms with van der Waals surface area (Å²) in [5, 5.41) is 8.21. The highest BCUT2D eigenvalue weighted by atomic mass is 79.9. The average Bonchev–Trinajstić information content (AvgIpc) is 2.50. The van der Waals surface area contributed by atoms with E-state index in [1.165, 1.54) is 0 Å². The molecule has 1 heterocycles. The summed E-state index contributed by atoms with van der Waals surface area (Å²) in [6, 6.07) is 0. The first kappa shape index (κ1) is 15.2. The fraction of sp³-hybridized carbons (Fsp3) is 0.692. The Labute approximate surface area is 117 Å². The molecule has 0 radical (unpaired) electrons. The number of alkyl halides is 1. The van der Waals surface area contributed by atoms with E-state index in [-0.39, 0.29) is 11.3 Å². The van der Waals surface area contributed by atoms with E-state index in [0.29, 0.717) is 12.1 Å². The first-order valence-electron chi connectivity index (χ1n) is 6.13.